The monoisotopic (exact) mass is 223 g/mol. The summed E-state index contributed by atoms with van der Waals surface area (Å²) in [5.41, 5.74) is 0.888. The second-order valence-corrected chi connectivity index (χ2v) is 4.05. The summed E-state index contributed by atoms with van der Waals surface area (Å²) in [6.45, 7) is 5.10. The van der Waals surface area contributed by atoms with E-state index in [1.165, 1.54) is 0 Å². The van der Waals surface area contributed by atoms with Gasteiger partial charge in [-0.05, 0) is 37.7 Å². The van der Waals surface area contributed by atoms with Crippen molar-refractivity contribution in [2.24, 2.45) is 0 Å². The fourth-order valence-electron chi connectivity index (χ4n) is 1.65. The minimum atomic E-state index is 0.237. The van der Waals surface area contributed by atoms with Crippen molar-refractivity contribution in [2.45, 2.75) is 19.9 Å². The van der Waals surface area contributed by atoms with Crippen LogP contribution < -0.4 is 5.32 Å². The van der Waals surface area contributed by atoms with Crippen LogP contribution in [0, 0.1) is 0 Å². The fraction of sp³-hybridized carbons (Fsp3) is 0.333. The van der Waals surface area contributed by atoms with E-state index in [0.717, 1.165) is 28.3 Å². The standard InChI is InChI=1S/C12H14ClNO/c1-3-14-8(2)12-7-9-6-10(13)4-5-11(9)15-12/h4-8,14H,3H2,1-2H3. The number of halogens is 1. The molecule has 0 aliphatic rings. The molecular formula is C12H14ClNO. The Bertz CT molecular complexity index is 464. The summed E-state index contributed by atoms with van der Waals surface area (Å²) in [6, 6.07) is 7.94. The SMILES string of the molecule is CCNC(C)c1cc2cc(Cl)ccc2o1. The van der Waals surface area contributed by atoms with Crippen molar-refractivity contribution < 1.29 is 4.42 Å². The van der Waals surface area contributed by atoms with Gasteiger partial charge in [0.1, 0.15) is 11.3 Å². The van der Waals surface area contributed by atoms with Crippen molar-refractivity contribution >= 4 is 22.6 Å². The average Bonchev–Trinajstić information content (AvgIpc) is 2.60. The first kappa shape index (κ1) is 10.5. The van der Waals surface area contributed by atoms with Gasteiger partial charge in [-0.3, -0.25) is 0 Å². The van der Waals surface area contributed by atoms with Gasteiger partial charge in [-0.1, -0.05) is 18.5 Å². The summed E-state index contributed by atoms with van der Waals surface area (Å²) in [5.74, 6) is 0.953. The summed E-state index contributed by atoms with van der Waals surface area (Å²) in [4.78, 5) is 0. The predicted octanol–water partition coefficient (Wildman–Crippen LogP) is 3.76. The summed E-state index contributed by atoms with van der Waals surface area (Å²) < 4.78 is 5.72. The number of fused-ring (bicyclic) bond motifs is 1. The quantitative estimate of drug-likeness (QED) is 0.857. The van der Waals surface area contributed by atoms with E-state index in [4.69, 9.17) is 16.0 Å². The van der Waals surface area contributed by atoms with Crippen LogP contribution >= 0.6 is 11.6 Å². The van der Waals surface area contributed by atoms with E-state index in [0.29, 0.717) is 0 Å². The van der Waals surface area contributed by atoms with E-state index in [2.05, 4.69) is 19.2 Å². The first-order valence-electron chi connectivity index (χ1n) is 5.13. The lowest BCUT2D eigenvalue weighted by molar-refractivity contribution is 0.459. The van der Waals surface area contributed by atoms with Crippen LogP contribution in [0.25, 0.3) is 11.0 Å². The molecule has 0 saturated carbocycles. The van der Waals surface area contributed by atoms with Gasteiger partial charge in [0, 0.05) is 10.4 Å². The van der Waals surface area contributed by atoms with E-state index in [9.17, 15) is 0 Å². The van der Waals surface area contributed by atoms with Crippen molar-refractivity contribution in [1.29, 1.82) is 0 Å². The number of benzene rings is 1. The zero-order valence-electron chi connectivity index (χ0n) is 8.88. The molecule has 0 spiro atoms. The van der Waals surface area contributed by atoms with Crippen LogP contribution in [0.2, 0.25) is 5.02 Å². The smallest absolute Gasteiger partial charge is 0.134 e. The average molecular weight is 224 g/mol. The second-order valence-electron chi connectivity index (χ2n) is 3.61. The Hall–Kier alpha value is -0.990. The molecule has 1 atom stereocenters. The lowest BCUT2D eigenvalue weighted by Gasteiger charge is -2.07. The topological polar surface area (TPSA) is 25.2 Å². The lowest BCUT2D eigenvalue weighted by Crippen LogP contribution is -2.16. The number of hydrogen-bond acceptors (Lipinski definition) is 2. The molecule has 1 aromatic heterocycles. The van der Waals surface area contributed by atoms with Gasteiger partial charge < -0.3 is 9.73 Å². The maximum atomic E-state index is 5.91. The Morgan fingerprint density at radius 3 is 2.93 bits per heavy atom. The first-order chi connectivity index (χ1) is 7.20. The third kappa shape index (κ3) is 2.16. The molecule has 1 unspecified atom stereocenters. The van der Waals surface area contributed by atoms with Crippen LogP contribution in [-0.2, 0) is 0 Å². The van der Waals surface area contributed by atoms with E-state index < -0.39 is 0 Å². The summed E-state index contributed by atoms with van der Waals surface area (Å²) in [5, 5.41) is 5.11. The summed E-state index contributed by atoms with van der Waals surface area (Å²) >= 11 is 5.91. The highest BCUT2D eigenvalue weighted by atomic mass is 35.5. The number of rotatable bonds is 3. The van der Waals surface area contributed by atoms with Gasteiger partial charge in [-0.15, -0.1) is 0 Å². The van der Waals surface area contributed by atoms with Crippen LogP contribution in [0.1, 0.15) is 25.6 Å². The minimum absolute atomic E-state index is 0.237. The predicted molar refractivity (Wildman–Crippen MR) is 63.3 cm³/mol. The van der Waals surface area contributed by atoms with Gasteiger partial charge in [-0.2, -0.15) is 0 Å². The molecule has 1 heterocycles. The minimum Gasteiger partial charge on any atom is -0.459 e. The van der Waals surface area contributed by atoms with Gasteiger partial charge >= 0.3 is 0 Å². The molecule has 1 N–H and O–H groups in total. The fourth-order valence-corrected chi connectivity index (χ4v) is 1.84. The zero-order chi connectivity index (χ0) is 10.8. The highest BCUT2D eigenvalue weighted by molar-refractivity contribution is 6.31. The van der Waals surface area contributed by atoms with Crippen LogP contribution in [-0.4, -0.2) is 6.54 Å². The Kier molecular flexibility index (Phi) is 2.98. The Morgan fingerprint density at radius 2 is 2.20 bits per heavy atom. The molecule has 2 nitrogen and oxygen atoms in total. The Balaban J connectivity index is 2.38. The van der Waals surface area contributed by atoms with Gasteiger partial charge in [0.2, 0.25) is 0 Å². The molecule has 15 heavy (non-hydrogen) atoms. The summed E-state index contributed by atoms with van der Waals surface area (Å²) in [7, 11) is 0. The maximum absolute atomic E-state index is 5.91. The molecule has 1 aromatic carbocycles. The number of nitrogens with one attached hydrogen (secondary N) is 1. The molecule has 0 aliphatic carbocycles. The van der Waals surface area contributed by atoms with Gasteiger partial charge in [-0.25, -0.2) is 0 Å². The molecule has 0 amide bonds. The molecular weight excluding hydrogens is 210 g/mol. The molecule has 2 aromatic rings. The molecule has 2 rings (SSSR count). The summed E-state index contributed by atoms with van der Waals surface area (Å²) in [6.07, 6.45) is 0. The first-order valence-corrected chi connectivity index (χ1v) is 5.51. The zero-order valence-corrected chi connectivity index (χ0v) is 9.64. The third-order valence-corrected chi connectivity index (χ3v) is 2.67. The van der Waals surface area contributed by atoms with Crippen molar-refractivity contribution in [3.63, 3.8) is 0 Å². The number of hydrogen-bond donors (Lipinski definition) is 1. The van der Waals surface area contributed by atoms with Crippen LogP contribution in [0.5, 0.6) is 0 Å². The van der Waals surface area contributed by atoms with Crippen molar-refractivity contribution in [2.75, 3.05) is 6.54 Å². The Labute approximate surface area is 94.2 Å². The van der Waals surface area contributed by atoms with Crippen molar-refractivity contribution in [3.8, 4) is 0 Å². The molecule has 3 heteroatoms. The molecule has 0 aliphatic heterocycles. The normalized spacial score (nSPS) is 13.3. The molecule has 0 saturated heterocycles. The van der Waals surface area contributed by atoms with Crippen molar-refractivity contribution in [3.05, 3.63) is 35.0 Å². The van der Waals surface area contributed by atoms with Crippen LogP contribution in [0.15, 0.2) is 28.7 Å². The Morgan fingerprint density at radius 1 is 1.40 bits per heavy atom. The van der Waals surface area contributed by atoms with Gasteiger partial charge in [0.15, 0.2) is 0 Å². The lowest BCUT2D eigenvalue weighted by atomic mass is 10.2. The maximum Gasteiger partial charge on any atom is 0.134 e. The molecule has 0 fully saturated rings. The highest BCUT2D eigenvalue weighted by Gasteiger charge is 2.10. The third-order valence-electron chi connectivity index (χ3n) is 2.43. The highest BCUT2D eigenvalue weighted by Crippen LogP contribution is 2.26. The van der Waals surface area contributed by atoms with Gasteiger partial charge in [0.25, 0.3) is 0 Å². The van der Waals surface area contributed by atoms with E-state index in [-0.39, 0.29) is 6.04 Å². The molecule has 0 radical (unpaired) electrons. The van der Waals surface area contributed by atoms with E-state index in [1.54, 1.807) is 0 Å². The van der Waals surface area contributed by atoms with Crippen LogP contribution in [0.3, 0.4) is 0 Å². The van der Waals surface area contributed by atoms with E-state index in [1.807, 2.05) is 24.3 Å². The molecule has 0 bridgehead atoms. The van der Waals surface area contributed by atoms with Gasteiger partial charge in [0.05, 0.1) is 6.04 Å². The molecule has 80 valence electrons. The largest absolute Gasteiger partial charge is 0.459 e. The van der Waals surface area contributed by atoms with E-state index >= 15 is 0 Å². The number of furan rings is 1. The van der Waals surface area contributed by atoms with Crippen LogP contribution in [0.4, 0.5) is 0 Å². The van der Waals surface area contributed by atoms with Crippen molar-refractivity contribution in [1.82, 2.24) is 5.32 Å². The second kappa shape index (κ2) is 4.25.